The minimum atomic E-state index is -0.628. The van der Waals surface area contributed by atoms with Crippen molar-refractivity contribution in [1.29, 1.82) is 0 Å². The van der Waals surface area contributed by atoms with E-state index in [1.54, 1.807) is 24.3 Å². The molecular formula is C17H22N4O2S. The quantitative estimate of drug-likeness (QED) is 0.807. The second kappa shape index (κ2) is 8.54. The maximum atomic E-state index is 12.6. The van der Waals surface area contributed by atoms with Crippen LogP contribution in [0.3, 0.4) is 0 Å². The lowest BCUT2D eigenvalue weighted by Crippen LogP contribution is -2.47. The van der Waals surface area contributed by atoms with Crippen LogP contribution in [-0.4, -0.2) is 28.1 Å². The summed E-state index contributed by atoms with van der Waals surface area (Å²) in [5, 5.41) is 14.9. The van der Waals surface area contributed by atoms with E-state index in [2.05, 4.69) is 20.8 Å². The van der Waals surface area contributed by atoms with Crippen molar-refractivity contribution in [2.45, 2.75) is 39.7 Å². The normalized spacial score (nSPS) is 13.1. The first kappa shape index (κ1) is 18.1. The van der Waals surface area contributed by atoms with Gasteiger partial charge < -0.3 is 5.32 Å². The van der Waals surface area contributed by atoms with Crippen molar-refractivity contribution in [3.05, 3.63) is 40.9 Å². The standard InChI is InChI=1S/C17H22N4O2S/c1-4-11(3)14(18-15(22)12-9-7-6-8-10-12)16(23)19-17-21-20-13(5-2)24-17/h6-11,14H,4-5H2,1-3H3,(H,18,22)(H,19,21,23)/t11-,14-/m0/s1. The molecule has 0 bridgehead atoms. The van der Waals surface area contributed by atoms with Crippen LogP contribution in [0.15, 0.2) is 30.3 Å². The number of anilines is 1. The second-order valence-corrected chi connectivity index (χ2v) is 6.61. The van der Waals surface area contributed by atoms with Crippen LogP contribution in [0.5, 0.6) is 0 Å². The van der Waals surface area contributed by atoms with Gasteiger partial charge in [0, 0.05) is 5.56 Å². The first-order valence-electron chi connectivity index (χ1n) is 8.04. The van der Waals surface area contributed by atoms with Crippen LogP contribution in [0.2, 0.25) is 0 Å². The molecule has 0 radical (unpaired) electrons. The van der Waals surface area contributed by atoms with Crippen molar-refractivity contribution >= 4 is 28.3 Å². The zero-order valence-electron chi connectivity index (χ0n) is 14.1. The van der Waals surface area contributed by atoms with Crippen molar-refractivity contribution in [1.82, 2.24) is 15.5 Å². The van der Waals surface area contributed by atoms with Gasteiger partial charge in [-0.2, -0.15) is 0 Å². The van der Waals surface area contributed by atoms with E-state index in [0.717, 1.165) is 17.8 Å². The van der Waals surface area contributed by atoms with Crippen molar-refractivity contribution in [2.75, 3.05) is 5.32 Å². The Kier molecular flexibility index (Phi) is 6.43. The van der Waals surface area contributed by atoms with Crippen molar-refractivity contribution < 1.29 is 9.59 Å². The van der Waals surface area contributed by atoms with Gasteiger partial charge in [-0.05, 0) is 24.5 Å². The van der Waals surface area contributed by atoms with Crippen LogP contribution in [0.4, 0.5) is 5.13 Å². The maximum Gasteiger partial charge on any atom is 0.251 e. The molecule has 1 aromatic carbocycles. The van der Waals surface area contributed by atoms with Gasteiger partial charge in [0.05, 0.1) is 0 Å². The average molecular weight is 346 g/mol. The first-order valence-corrected chi connectivity index (χ1v) is 8.85. The molecule has 2 aromatic rings. The number of rotatable bonds is 7. The lowest BCUT2D eigenvalue weighted by atomic mass is 9.98. The predicted octanol–water partition coefficient (Wildman–Crippen LogP) is 2.88. The van der Waals surface area contributed by atoms with Gasteiger partial charge in [0.2, 0.25) is 11.0 Å². The number of amides is 2. The largest absolute Gasteiger partial charge is 0.340 e. The third-order valence-corrected chi connectivity index (χ3v) is 4.80. The van der Waals surface area contributed by atoms with Crippen molar-refractivity contribution in [3.63, 3.8) is 0 Å². The van der Waals surface area contributed by atoms with Gasteiger partial charge in [-0.3, -0.25) is 14.9 Å². The van der Waals surface area contributed by atoms with Gasteiger partial charge in [-0.1, -0.05) is 56.7 Å². The second-order valence-electron chi connectivity index (χ2n) is 5.55. The van der Waals surface area contributed by atoms with Gasteiger partial charge in [-0.25, -0.2) is 0 Å². The van der Waals surface area contributed by atoms with Crippen LogP contribution in [0.25, 0.3) is 0 Å². The summed E-state index contributed by atoms with van der Waals surface area (Å²) in [6.45, 7) is 5.90. The Balaban J connectivity index is 2.09. The minimum absolute atomic E-state index is 0.00349. The molecule has 128 valence electrons. The fraction of sp³-hybridized carbons (Fsp3) is 0.412. The zero-order chi connectivity index (χ0) is 17.5. The van der Waals surface area contributed by atoms with E-state index in [9.17, 15) is 9.59 Å². The van der Waals surface area contributed by atoms with Crippen molar-refractivity contribution in [3.8, 4) is 0 Å². The summed E-state index contributed by atoms with van der Waals surface area (Å²) in [4.78, 5) is 25.0. The Morgan fingerprint density at radius 2 is 1.88 bits per heavy atom. The molecule has 7 heteroatoms. The molecule has 0 aliphatic carbocycles. The number of benzene rings is 1. The van der Waals surface area contributed by atoms with E-state index in [-0.39, 0.29) is 17.7 Å². The summed E-state index contributed by atoms with van der Waals surface area (Å²) in [5.41, 5.74) is 0.530. The summed E-state index contributed by atoms with van der Waals surface area (Å²) in [6.07, 6.45) is 1.54. The number of nitrogens with zero attached hydrogens (tertiary/aromatic N) is 2. The highest BCUT2D eigenvalue weighted by Crippen LogP contribution is 2.17. The number of carbonyl (C=O) groups excluding carboxylic acids is 2. The molecule has 0 unspecified atom stereocenters. The Hall–Kier alpha value is -2.28. The lowest BCUT2D eigenvalue weighted by molar-refractivity contribution is -0.119. The van der Waals surface area contributed by atoms with Gasteiger partial charge in [-0.15, -0.1) is 10.2 Å². The van der Waals surface area contributed by atoms with Gasteiger partial charge in [0.25, 0.3) is 5.91 Å². The molecule has 0 saturated heterocycles. The Morgan fingerprint density at radius 3 is 2.46 bits per heavy atom. The maximum absolute atomic E-state index is 12.6. The zero-order valence-corrected chi connectivity index (χ0v) is 14.9. The molecule has 0 spiro atoms. The summed E-state index contributed by atoms with van der Waals surface area (Å²) < 4.78 is 0. The molecule has 0 aliphatic heterocycles. The molecule has 2 atom stereocenters. The van der Waals surface area contributed by atoms with Crippen LogP contribution in [-0.2, 0) is 11.2 Å². The molecule has 1 aromatic heterocycles. The Bertz CT molecular complexity index is 687. The topological polar surface area (TPSA) is 84.0 Å². The monoisotopic (exact) mass is 346 g/mol. The molecule has 1 heterocycles. The Morgan fingerprint density at radius 1 is 1.17 bits per heavy atom. The summed E-state index contributed by atoms with van der Waals surface area (Å²) >= 11 is 1.35. The predicted molar refractivity (Wildman–Crippen MR) is 95.1 cm³/mol. The van der Waals surface area contributed by atoms with E-state index >= 15 is 0 Å². The van der Waals surface area contributed by atoms with Crippen LogP contribution in [0, 0.1) is 5.92 Å². The smallest absolute Gasteiger partial charge is 0.251 e. The van der Waals surface area contributed by atoms with Gasteiger partial charge >= 0.3 is 0 Å². The van der Waals surface area contributed by atoms with E-state index in [0.29, 0.717) is 10.7 Å². The highest BCUT2D eigenvalue weighted by Gasteiger charge is 2.27. The number of carbonyl (C=O) groups is 2. The number of aryl methyl sites for hydroxylation is 1. The van der Waals surface area contributed by atoms with E-state index < -0.39 is 6.04 Å². The molecule has 2 rings (SSSR count). The number of nitrogens with one attached hydrogen (secondary N) is 2. The third-order valence-electron chi connectivity index (χ3n) is 3.82. The number of hydrogen-bond donors (Lipinski definition) is 2. The van der Waals surface area contributed by atoms with Crippen LogP contribution >= 0.6 is 11.3 Å². The highest BCUT2D eigenvalue weighted by molar-refractivity contribution is 7.15. The summed E-state index contributed by atoms with van der Waals surface area (Å²) in [6, 6.07) is 8.24. The molecule has 0 fully saturated rings. The first-order chi connectivity index (χ1) is 11.5. The van der Waals surface area contributed by atoms with Gasteiger partial charge in [0.1, 0.15) is 11.0 Å². The fourth-order valence-electron chi connectivity index (χ4n) is 2.15. The minimum Gasteiger partial charge on any atom is -0.340 e. The fourth-order valence-corrected chi connectivity index (χ4v) is 2.83. The molecule has 6 nitrogen and oxygen atoms in total. The molecule has 0 aliphatic rings. The molecule has 24 heavy (non-hydrogen) atoms. The molecule has 2 N–H and O–H groups in total. The number of hydrogen-bond acceptors (Lipinski definition) is 5. The highest BCUT2D eigenvalue weighted by atomic mass is 32.1. The molecule has 2 amide bonds. The number of aromatic nitrogens is 2. The summed E-state index contributed by atoms with van der Waals surface area (Å²) in [7, 11) is 0. The third kappa shape index (κ3) is 4.61. The van der Waals surface area contributed by atoms with Crippen molar-refractivity contribution in [2.24, 2.45) is 5.92 Å². The molecule has 0 saturated carbocycles. The van der Waals surface area contributed by atoms with E-state index in [4.69, 9.17) is 0 Å². The Labute approximate surface area is 145 Å². The van der Waals surface area contributed by atoms with Gasteiger partial charge in [0.15, 0.2) is 0 Å². The lowest BCUT2D eigenvalue weighted by Gasteiger charge is -2.23. The van der Waals surface area contributed by atoms with Crippen LogP contribution in [0.1, 0.15) is 42.6 Å². The molecular weight excluding hydrogens is 324 g/mol. The van der Waals surface area contributed by atoms with E-state index in [1.807, 2.05) is 26.8 Å². The summed E-state index contributed by atoms with van der Waals surface area (Å²) in [5.74, 6) is -0.536. The average Bonchev–Trinajstić information content (AvgIpc) is 3.07. The van der Waals surface area contributed by atoms with E-state index in [1.165, 1.54) is 11.3 Å². The van der Waals surface area contributed by atoms with Crippen LogP contribution < -0.4 is 10.6 Å². The SMILES string of the molecule is CCc1nnc(NC(=O)[C@@H](NC(=O)c2ccccc2)[C@@H](C)CC)s1.